The van der Waals surface area contributed by atoms with E-state index in [-0.39, 0.29) is 0 Å². The molecular formula is C52H38N2. The van der Waals surface area contributed by atoms with E-state index in [1.54, 1.807) is 0 Å². The number of allylic oxidation sites excluding steroid dienone is 1. The molecule has 10 aromatic carbocycles. The van der Waals surface area contributed by atoms with Gasteiger partial charge in [-0.3, -0.25) is 0 Å². The summed E-state index contributed by atoms with van der Waals surface area (Å²) in [4.78, 5) is 0. The van der Waals surface area contributed by atoms with Crippen LogP contribution in [0.15, 0.2) is 194 Å². The van der Waals surface area contributed by atoms with Crippen molar-refractivity contribution in [2.24, 2.45) is 5.73 Å². The molecule has 3 N–H and O–H groups in total. The number of hydrogen-bond donors (Lipinski definition) is 2. The van der Waals surface area contributed by atoms with Gasteiger partial charge in [0.25, 0.3) is 0 Å². The molecule has 1 atom stereocenters. The predicted octanol–water partition coefficient (Wildman–Crippen LogP) is 13.1. The van der Waals surface area contributed by atoms with Crippen LogP contribution in [0.4, 0.5) is 0 Å². The zero-order chi connectivity index (χ0) is 36.0. The maximum absolute atomic E-state index is 7.09. The van der Waals surface area contributed by atoms with Crippen LogP contribution in [0.2, 0.25) is 0 Å². The Kier molecular flexibility index (Phi) is 7.90. The van der Waals surface area contributed by atoms with Crippen molar-refractivity contribution in [2.75, 3.05) is 0 Å². The molecule has 10 rings (SSSR count). The van der Waals surface area contributed by atoms with Gasteiger partial charge in [0.1, 0.15) is 6.17 Å². The summed E-state index contributed by atoms with van der Waals surface area (Å²) in [5.74, 6) is 0. The maximum Gasteiger partial charge on any atom is 0.101 e. The summed E-state index contributed by atoms with van der Waals surface area (Å²) < 4.78 is 0. The fourth-order valence-electron chi connectivity index (χ4n) is 8.62. The van der Waals surface area contributed by atoms with Gasteiger partial charge in [-0.05, 0) is 99.4 Å². The van der Waals surface area contributed by atoms with E-state index >= 15 is 0 Å². The van der Waals surface area contributed by atoms with Crippen molar-refractivity contribution >= 4 is 70.3 Å². The molecule has 10 aromatic rings. The average Bonchev–Trinajstić information content (AvgIpc) is 3.24. The molecule has 0 fully saturated rings. The van der Waals surface area contributed by atoms with Gasteiger partial charge in [-0.15, -0.1) is 0 Å². The Labute approximate surface area is 314 Å². The molecular weight excluding hydrogens is 653 g/mol. The smallest absolute Gasteiger partial charge is 0.101 e. The van der Waals surface area contributed by atoms with Crippen molar-refractivity contribution in [2.45, 2.75) is 12.6 Å². The van der Waals surface area contributed by atoms with Crippen LogP contribution in [0.1, 0.15) is 22.9 Å². The summed E-state index contributed by atoms with van der Waals surface area (Å²) in [6.07, 6.45) is 2.68. The third kappa shape index (κ3) is 5.39. The molecule has 0 saturated heterocycles. The predicted molar refractivity (Wildman–Crippen MR) is 232 cm³/mol. The van der Waals surface area contributed by atoms with E-state index in [1.807, 2.05) is 6.07 Å². The minimum absolute atomic E-state index is 0.422. The van der Waals surface area contributed by atoms with E-state index in [1.165, 1.54) is 81.3 Å². The van der Waals surface area contributed by atoms with Gasteiger partial charge in [-0.2, -0.15) is 0 Å². The van der Waals surface area contributed by atoms with E-state index in [0.717, 1.165) is 16.8 Å². The van der Waals surface area contributed by atoms with Crippen molar-refractivity contribution in [1.29, 1.82) is 0 Å². The van der Waals surface area contributed by atoms with Gasteiger partial charge in [0, 0.05) is 11.3 Å². The SMILES string of the molecule is NC(N/C(=C\Cc1c2ccccc2cc2c1ccc1ccccc12)c1c2ccccc2c(-c2ccccc2)c2c1ccc1ccccc12)c1ccccc1. The number of rotatable bonds is 7. The van der Waals surface area contributed by atoms with Crippen molar-refractivity contribution in [1.82, 2.24) is 5.32 Å². The largest absolute Gasteiger partial charge is 0.366 e. The zero-order valence-electron chi connectivity index (χ0n) is 29.8. The lowest BCUT2D eigenvalue weighted by atomic mass is 9.84. The molecule has 0 aromatic heterocycles. The lowest BCUT2D eigenvalue weighted by Crippen LogP contribution is -2.27. The number of nitrogens with two attached hydrogens (primary N) is 1. The topological polar surface area (TPSA) is 38.0 Å². The molecule has 54 heavy (non-hydrogen) atoms. The Morgan fingerprint density at radius 2 is 1.02 bits per heavy atom. The normalized spacial score (nSPS) is 12.6. The molecule has 2 nitrogen and oxygen atoms in total. The average molecular weight is 691 g/mol. The molecule has 0 aliphatic carbocycles. The van der Waals surface area contributed by atoms with Crippen LogP contribution in [0.5, 0.6) is 0 Å². The molecule has 0 bridgehead atoms. The highest BCUT2D eigenvalue weighted by Gasteiger charge is 2.21. The first-order chi connectivity index (χ1) is 26.7. The molecule has 256 valence electrons. The van der Waals surface area contributed by atoms with E-state index in [4.69, 9.17) is 5.73 Å². The monoisotopic (exact) mass is 690 g/mol. The molecule has 0 radical (unpaired) electrons. The number of nitrogens with one attached hydrogen (secondary N) is 1. The van der Waals surface area contributed by atoms with E-state index < -0.39 is 6.17 Å². The first-order valence-corrected chi connectivity index (χ1v) is 18.7. The fraction of sp³-hybridized carbons (Fsp3) is 0.0385. The third-order valence-corrected chi connectivity index (χ3v) is 11.1. The molecule has 0 saturated carbocycles. The van der Waals surface area contributed by atoms with Crippen molar-refractivity contribution in [3.8, 4) is 11.1 Å². The molecule has 0 aliphatic rings. The first kappa shape index (κ1) is 32.0. The van der Waals surface area contributed by atoms with Crippen LogP contribution in [0, 0.1) is 0 Å². The van der Waals surface area contributed by atoms with Crippen LogP contribution in [-0.4, -0.2) is 0 Å². The van der Waals surface area contributed by atoms with Gasteiger partial charge in [0.2, 0.25) is 0 Å². The van der Waals surface area contributed by atoms with Gasteiger partial charge < -0.3 is 11.1 Å². The molecule has 1 unspecified atom stereocenters. The zero-order valence-corrected chi connectivity index (χ0v) is 29.8. The summed E-state index contributed by atoms with van der Waals surface area (Å²) in [6, 6.07) is 67.8. The number of fused-ring (bicyclic) bond motifs is 8. The van der Waals surface area contributed by atoms with Crippen LogP contribution in [-0.2, 0) is 6.42 Å². The quantitative estimate of drug-likeness (QED) is 0.0992. The summed E-state index contributed by atoms with van der Waals surface area (Å²) in [6.45, 7) is 0. The lowest BCUT2D eigenvalue weighted by molar-refractivity contribution is 0.667. The second kappa shape index (κ2) is 13.3. The van der Waals surface area contributed by atoms with E-state index in [0.29, 0.717) is 6.42 Å². The second-order valence-corrected chi connectivity index (χ2v) is 14.2. The standard InChI is InChI=1S/C52H38N2/c53-52(37-19-5-2-6-20-37)54-48(32-31-42-40-23-11-9-21-38(40)33-47-39-22-10-7-15-34(39)27-29-43(42)47)50-45-26-14-13-25-44(45)49(36-17-3-1-4-18-36)51-41-24-12-8-16-35(41)28-30-46(50)51/h1-30,32-33,52,54H,31,53H2/b48-32-. The summed E-state index contributed by atoms with van der Waals surface area (Å²) in [7, 11) is 0. The highest BCUT2D eigenvalue weighted by atomic mass is 15.0. The van der Waals surface area contributed by atoms with Crippen LogP contribution >= 0.6 is 0 Å². The van der Waals surface area contributed by atoms with Gasteiger partial charge in [0.15, 0.2) is 0 Å². The van der Waals surface area contributed by atoms with Crippen LogP contribution < -0.4 is 11.1 Å². The summed E-state index contributed by atoms with van der Waals surface area (Å²) in [5, 5.41) is 18.8. The highest BCUT2D eigenvalue weighted by molar-refractivity contribution is 6.26. The summed E-state index contributed by atoms with van der Waals surface area (Å²) in [5.41, 5.74) is 14.1. The van der Waals surface area contributed by atoms with Gasteiger partial charge in [-0.1, -0.05) is 188 Å². The first-order valence-electron chi connectivity index (χ1n) is 18.7. The van der Waals surface area contributed by atoms with E-state index in [2.05, 4.69) is 193 Å². The minimum atomic E-state index is -0.422. The molecule has 2 heteroatoms. The Hall–Kier alpha value is -6.74. The molecule has 0 spiro atoms. The Balaban J connectivity index is 1.28. The van der Waals surface area contributed by atoms with Crippen molar-refractivity contribution < 1.29 is 0 Å². The molecule has 0 aliphatic heterocycles. The van der Waals surface area contributed by atoms with Crippen molar-refractivity contribution in [3.05, 3.63) is 211 Å². The van der Waals surface area contributed by atoms with Crippen molar-refractivity contribution in [3.63, 3.8) is 0 Å². The van der Waals surface area contributed by atoms with Gasteiger partial charge in [0.05, 0.1) is 0 Å². The number of benzene rings is 10. The molecule has 0 heterocycles. The Morgan fingerprint density at radius 1 is 0.463 bits per heavy atom. The maximum atomic E-state index is 7.09. The van der Waals surface area contributed by atoms with Gasteiger partial charge >= 0.3 is 0 Å². The van der Waals surface area contributed by atoms with E-state index in [9.17, 15) is 0 Å². The Bertz CT molecular complexity index is 3050. The molecule has 0 amide bonds. The third-order valence-electron chi connectivity index (χ3n) is 11.1. The van der Waals surface area contributed by atoms with Gasteiger partial charge in [-0.25, -0.2) is 0 Å². The van der Waals surface area contributed by atoms with Crippen LogP contribution in [0.3, 0.4) is 0 Å². The highest BCUT2D eigenvalue weighted by Crippen LogP contribution is 2.45. The fourth-order valence-corrected chi connectivity index (χ4v) is 8.62. The summed E-state index contributed by atoms with van der Waals surface area (Å²) >= 11 is 0. The number of hydrogen-bond acceptors (Lipinski definition) is 2. The second-order valence-electron chi connectivity index (χ2n) is 14.2. The Morgan fingerprint density at radius 3 is 1.76 bits per heavy atom. The van der Waals surface area contributed by atoms with Crippen LogP contribution in [0.25, 0.3) is 81.5 Å². The minimum Gasteiger partial charge on any atom is -0.366 e. The lowest BCUT2D eigenvalue weighted by Gasteiger charge is -2.24.